The quantitative estimate of drug-likeness (QED) is 0.831. The van der Waals surface area contributed by atoms with Crippen LogP contribution in [0.3, 0.4) is 0 Å². The van der Waals surface area contributed by atoms with Crippen LogP contribution in [0.4, 0.5) is 0 Å². The van der Waals surface area contributed by atoms with Crippen molar-refractivity contribution in [3.8, 4) is 0 Å². The number of rotatable bonds is 5. The topological polar surface area (TPSA) is 56.1 Å². The first-order valence-corrected chi connectivity index (χ1v) is 7.81. The van der Waals surface area contributed by atoms with Crippen LogP contribution in [0.1, 0.15) is 17.2 Å². The molecule has 2 aromatic rings. The van der Waals surface area contributed by atoms with Gasteiger partial charge >= 0.3 is 0 Å². The second kappa shape index (κ2) is 6.98. The molecule has 0 bridgehead atoms. The van der Waals surface area contributed by atoms with E-state index in [0.29, 0.717) is 0 Å². The predicted molar refractivity (Wildman–Crippen MR) is 83.6 cm³/mol. The SMILES string of the molecule is Cc1nc(C)n(C[C@H]2CN(CCc3ccncc3)CCO2)n1. The summed E-state index contributed by atoms with van der Waals surface area (Å²) < 4.78 is 7.84. The molecule has 0 aromatic carbocycles. The first-order valence-electron chi connectivity index (χ1n) is 7.81. The fraction of sp³-hybridized carbons (Fsp3) is 0.562. The normalized spacial score (nSPS) is 19.5. The van der Waals surface area contributed by atoms with E-state index < -0.39 is 0 Å². The molecule has 6 heteroatoms. The Morgan fingerprint density at radius 2 is 2.09 bits per heavy atom. The van der Waals surface area contributed by atoms with Gasteiger partial charge in [0.1, 0.15) is 11.6 Å². The molecule has 0 saturated carbocycles. The number of morpholine rings is 1. The standard InChI is InChI=1S/C16H23N5O/c1-13-18-14(2)21(19-13)12-16-11-20(9-10-22-16)8-5-15-3-6-17-7-4-15/h3-4,6-7,16H,5,8-12H2,1-2H3/t16-/m1/s1. The Labute approximate surface area is 131 Å². The van der Waals surface area contributed by atoms with E-state index in [1.165, 1.54) is 5.56 Å². The van der Waals surface area contributed by atoms with Gasteiger partial charge in [-0.3, -0.25) is 9.88 Å². The third-order valence-corrected chi connectivity index (χ3v) is 4.03. The predicted octanol–water partition coefficient (Wildman–Crippen LogP) is 1.23. The summed E-state index contributed by atoms with van der Waals surface area (Å²) in [6.07, 6.45) is 4.95. The molecule has 3 rings (SSSR count). The molecule has 0 amide bonds. The zero-order chi connectivity index (χ0) is 15.4. The number of hydrogen-bond acceptors (Lipinski definition) is 5. The fourth-order valence-electron chi connectivity index (χ4n) is 2.86. The van der Waals surface area contributed by atoms with Gasteiger partial charge < -0.3 is 4.74 Å². The molecule has 0 unspecified atom stereocenters. The van der Waals surface area contributed by atoms with Gasteiger partial charge in [-0.2, -0.15) is 5.10 Å². The maximum atomic E-state index is 5.89. The van der Waals surface area contributed by atoms with Crippen LogP contribution in [0, 0.1) is 13.8 Å². The van der Waals surface area contributed by atoms with Crippen molar-refractivity contribution in [2.45, 2.75) is 32.9 Å². The van der Waals surface area contributed by atoms with Gasteiger partial charge in [0.05, 0.1) is 19.3 Å². The largest absolute Gasteiger partial charge is 0.374 e. The average molecular weight is 301 g/mol. The van der Waals surface area contributed by atoms with E-state index in [0.717, 1.165) is 50.9 Å². The highest BCUT2D eigenvalue weighted by atomic mass is 16.5. The van der Waals surface area contributed by atoms with Gasteiger partial charge in [-0.1, -0.05) is 0 Å². The lowest BCUT2D eigenvalue weighted by molar-refractivity contribution is -0.0374. The van der Waals surface area contributed by atoms with Crippen LogP contribution in [0.5, 0.6) is 0 Å². The van der Waals surface area contributed by atoms with Crippen molar-refractivity contribution < 1.29 is 4.74 Å². The average Bonchev–Trinajstić information content (AvgIpc) is 2.84. The number of aryl methyl sites for hydroxylation is 2. The molecule has 1 aliphatic rings. The van der Waals surface area contributed by atoms with Crippen LogP contribution in [-0.2, 0) is 17.7 Å². The molecule has 1 fully saturated rings. The Kier molecular flexibility index (Phi) is 4.80. The van der Waals surface area contributed by atoms with Crippen molar-refractivity contribution in [2.24, 2.45) is 0 Å². The Hall–Kier alpha value is -1.79. The van der Waals surface area contributed by atoms with Gasteiger partial charge in [-0.25, -0.2) is 9.67 Å². The van der Waals surface area contributed by atoms with E-state index in [1.54, 1.807) is 0 Å². The van der Waals surface area contributed by atoms with Crippen LogP contribution < -0.4 is 0 Å². The van der Waals surface area contributed by atoms with E-state index in [-0.39, 0.29) is 6.10 Å². The molecule has 1 saturated heterocycles. The summed E-state index contributed by atoms with van der Waals surface area (Å²) in [5.41, 5.74) is 1.33. The Morgan fingerprint density at radius 1 is 1.27 bits per heavy atom. The van der Waals surface area contributed by atoms with Crippen molar-refractivity contribution in [3.63, 3.8) is 0 Å². The zero-order valence-electron chi connectivity index (χ0n) is 13.3. The summed E-state index contributed by atoms with van der Waals surface area (Å²) in [5.74, 6) is 1.78. The van der Waals surface area contributed by atoms with E-state index in [9.17, 15) is 0 Å². The van der Waals surface area contributed by atoms with E-state index in [1.807, 2.05) is 30.9 Å². The number of nitrogens with zero attached hydrogens (tertiary/aromatic N) is 5. The molecule has 2 aromatic heterocycles. The first kappa shape index (κ1) is 15.1. The smallest absolute Gasteiger partial charge is 0.147 e. The molecule has 0 aliphatic carbocycles. The molecule has 1 atom stereocenters. The Balaban J connectivity index is 1.52. The minimum atomic E-state index is 0.186. The molecule has 1 aliphatic heterocycles. The summed E-state index contributed by atoms with van der Waals surface area (Å²) in [4.78, 5) is 10.9. The maximum absolute atomic E-state index is 5.89. The monoisotopic (exact) mass is 301 g/mol. The molecule has 118 valence electrons. The molecule has 22 heavy (non-hydrogen) atoms. The highest BCUT2D eigenvalue weighted by Crippen LogP contribution is 2.10. The highest BCUT2D eigenvalue weighted by molar-refractivity contribution is 5.09. The van der Waals surface area contributed by atoms with Crippen molar-refractivity contribution in [1.82, 2.24) is 24.6 Å². The second-order valence-electron chi connectivity index (χ2n) is 5.79. The van der Waals surface area contributed by atoms with E-state index >= 15 is 0 Å². The van der Waals surface area contributed by atoms with E-state index in [4.69, 9.17) is 4.74 Å². The lowest BCUT2D eigenvalue weighted by Gasteiger charge is -2.33. The number of hydrogen-bond donors (Lipinski definition) is 0. The lowest BCUT2D eigenvalue weighted by Crippen LogP contribution is -2.45. The molecule has 0 radical (unpaired) electrons. The molecule has 0 N–H and O–H groups in total. The van der Waals surface area contributed by atoms with Gasteiger partial charge in [0.2, 0.25) is 0 Å². The van der Waals surface area contributed by atoms with Crippen LogP contribution in [0.25, 0.3) is 0 Å². The van der Waals surface area contributed by atoms with Crippen LogP contribution in [-0.4, -0.2) is 57.0 Å². The highest BCUT2D eigenvalue weighted by Gasteiger charge is 2.21. The molecular formula is C16H23N5O. The Bertz CT molecular complexity index is 598. The number of aromatic nitrogens is 4. The van der Waals surface area contributed by atoms with Crippen molar-refractivity contribution >= 4 is 0 Å². The van der Waals surface area contributed by atoms with Crippen LogP contribution in [0.2, 0.25) is 0 Å². The Morgan fingerprint density at radius 3 is 2.82 bits per heavy atom. The van der Waals surface area contributed by atoms with Crippen LogP contribution >= 0.6 is 0 Å². The van der Waals surface area contributed by atoms with Crippen LogP contribution in [0.15, 0.2) is 24.5 Å². The second-order valence-corrected chi connectivity index (χ2v) is 5.79. The van der Waals surface area contributed by atoms with E-state index in [2.05, 4.69) is 32.1 Å². The van der Waals surface area contributed by atoms with Crippen molar-refractivity contribution in [1.29, 1.82) is 0 Å². The summed E-state index contributed by atoms with van der Waals surface area (Å²) in [6, 6.07) is 4.17. The molecule has 3 heterocycles. The van der Waals surface area contributed by atoms with Gasteiger partial charge in [-0.15, -0.1) is 0 Å². The molecule has 6 nitrogen and oxygen atoms in total. The molecule has 0 spiro atoms. The summed E-state index contributed by atoms with van der Waals surface area (Å²) in [6.45, 7) is 8.47. The number of pyridine rings is 1. The minimum Gasteiger partial charge on any atom is -0.374 e. The third kappa shape index (κ3) is 3.90. The van der Waals surface area contributed by atoms with Gasteiger partial charge in [0.25, 0.3) is 0 Å². The summed E-state index contributed by atoms with van der Waals surface area (Å²) >= 11 is 0. The maximum Gasteiger partial charge on any atom is 0.147 e. The first-order chi connectivity index (χ1) is 10.7. The summed E-state index contributed by atoms with van der Waals surface area (Å²) in [5, 5.41) is 4.42. The van der Waals surface area contributed by atoms with Crippen molar-refractivity contribution in [2.75, 3.05) is 26.2 Å². The number of ether oxygens (including phenoxy) is 1. The minimum absolute atomic E-state index is 0.186. The zero-order valence-corrected chi connectivity index (χ0v) is 13.3. The third-order valence-electron chi connectivity index (χ3n) is 4.03. The van der Waals surface area contributed by atoms with Gasteiger partial charge in [0.15, 0.2) is 0 Å². The van der Waals surface area contributed by atoms with Gasteiger partial charge in [0, 0.05) is 32.0 Å². The van der Waals surface area contributed by atoms with Crippen molar-refractivity contribution in [3.05, 3.63) is 41.7 Å². The fourth-order valence-corrected chi connectivity index (χ4v) is 2.86. The summed E-state index contributed by atoms with van der Waals surface area (Å²) in [7, 11) is 0. The van der Waals surface area contributed by atoms with Gasteiger partial charge in [-0.05, 0) is 38.0 Å². The lowest BCUT2D eigenvalue weighted by atomic mass is 10.2. The molecular weight excluding hydrogens is 278 g/mol.